The second-order valence-electron chi connectivity index (χ2n) is 7.29. The number of ether oxygens (including phenoxy) is 1. The number of carbonyl (C=O) groups is 1. The lowest BCUT2D eigenvalue weighted by Gasteiger charge is -2.15. The lowest BCUT2D eigenvalue weighted by Crippen LogP contribution is -2.24. The maximum absolute atomic E-state index is 11.4. The van der Waals surface area contributed by atoms with Gasteiger partial charge in [0.25, 0.3) is 0 Å². The number of nitrogens with one attached hydrogen (secondary N) is 1. The summed E-state index contributed by atoms with van der Waals surface area (Å²) in [6.07, 6.45) is 8.20. The molecule has 0 bridgehead atoms. The molecular weight excluding hydrogens is 540 g/mol. The molecule has 1 aliphatic rings. The van der Waals surface area contributed by atoms with Crippen LogP contribution >= 0.6 is 31.9 Å². The van der Waals surface area contributed by atoms with Crippen LogP contribution in [0.4, 0.5) is 11.5 Å². The second-order valence-corrected chi connectivity index (χ2v) is 9.10. The molecule has 1 aliphatic carbocycles. The first-order chi connectivity index (χ1) is 15.3. The van der Waals surface area contributed by atoms with Gasteiger partial charge in [0.15, 0.2) is 11.3 Å². The number of carbonyl (C=O) groups excluding carboxylic acids is 1. The zero-order valence-electron chi connectivity index (χ0n) is 19.0. The molecule has 1 aromatic heterocycles. The molecule has 0 fully saturated rings. The van der Waals surface area contributed by atoms with Crippen LogP contribution in [0.2, 0.25) is 0 Å². The van der Waals surface area contributed by atoms with Gasteiger partial charge in [-0.3, -0.25) is 14.8 Å². The molecule has 0 unspecified atom stereocenters. The van der Waals surface area contributed by atoms with Crippen molar-refractivity contribution in [1.29, 1.82) is 0 Å². The van der Waals surface area contributed by atoms with Crippen LogP contribution in [0, 0.1) is 0 Å². The highest BCUT2D eigenvalue weighted by Crippen LogP contribution is 2.32. The van der Waals surface area contributed by atoms with E-state index >= 15 is 0 Å². The van der Waals surface area contributed by atoms with Crippen LogP contribution in [0.5, 0.6) is 0 Å². The van der Waals surface area contributed by atoms with E-state index in [-0.39, 0.29) is 5.91 Å². The second kappa shape index (κ2) is 12.7. The molecule has 0 radical (unpaired) electrons. The average Bonchev–Trinajstić information content (AvgIpc) is 2.90. The number of anilines is 1. The standard InChI is InChI=1S/C22H30Br2N6O2/c1-15(31)29(4)11-9-16-7-8-17(23)20(18(24)13-16)32-12-6-10-27-21-19(25-2)22(26-3)30(5)14-28-21/h7,13-14,27H,2,6,8-12H2,1,3-5H3. The molecule has 0 saturated carbocycles. The fourth-order valence-electron chi connectivity index (χ4n) is 3.03. The molecular formula is C22H30Br2N6O2. The van der Waals surface area contributed by atoms with E-state index < -0.39 is 0 Å². The largest absolute Gasteiger partial charge is 0.491 e. The summed E-state index contributed by atoms with van der Waals surface area (Å²) in [5.74, 6) is 1.51. The van der Waals surface area contributed by atoms with Crippen molar-refractivity contribution in [3.8, 4) is 0 Å². The van der Waals surface area contributed by atoms with Gasteiger partial charge in [0.05, 0.1) is 17.4 Å². The van der Waals surface area contributed by atoms with E-state index in [2.05, 4.69) is 71.0 Å². The normalized spacial score (nSPS) is 14.5. The number of aryl methyl sites for hydroxylation is 1. The predicted octanol–water partition coefficient (Wildman–Crippen LogP) is 4.19. The Labute approximate surface area is 206 Å². The first-order valence-electron chi connectivity index (χ1n) is 10.3. The van der Waals surface area contributed by atoms with Gasteiger partial charge in [-0.25, -0.2) is 4.98 Å². The molecule has 2 rings (SSSR count). The van der Waals surface area contributed by atoms with E-state index in [9.17, 15) is 4.79 Å². The van der Waals surface area contributed by atoms with E-state index in [1.165, 1.54) is 0 Å². The minimum Gasteiger partial charge on any atom is -0.491 e. The number of hydrogen-bond donors (Lipinski definition) is 1. The Hall–Kier alpha value is -2.20. The number of hydrogen-bond acceptors (Lipinski definition) is 6. The van der Waals surface area contributed by atoms with E-state index in [0.29, 0.717) is 36.7 Å². The molecule has 1 aromatic rings. The number of halogens is 2. The van der Waals surface area contributed by atoms with Gasteiger partial charge in [-0.1, -0.05) is 22.0 Å². The lowest BCUT2D eigenvalue weighted by atomic mass is 10.1. The van der Waals surface area contributed by atoms with Crippen molar-refractivity contribution in [2.45, 2.75) is 26.2 Å². The quantitative estimate of drug-likeness (QED) is 0.338. The minimum absolute atomic E-state index is 0.0649. The summed E-state index contributed by atoms with van der Waals surface area (Å²) in [6.45, 7) is 7.09. The Kier molecular flexibility index (Phi) is 10.4. The topological polar surface area (TPSA) is 84.1 Å². The molecule has 10 heteroatoms. The summed E-state index contributed by atoms with van der Waals surface area (Å²) in [7, 11) is 5.40. The van der Waals surface area contributed by atoms with Gasteiger partial charge in [0.2, 0.25) is 5.91 Å². The van der Waals surface area contributed by atoms with Crippen LogP contribution in [0.15, 0.2) is 48.8 Å². The Balaban J connectivity index is 1.90. The number of rotatable bonds is 10. The van der Waals surface area contributed by atoms with Crippen molar-refractivity contribution in [3.63, 3.8) is 0 Å². The van der Waals surface area contributed by atoms with Gasteiger partial charge in [0, 0.05) is 52.1 Å². The third kappa shape index (κ3) is 7.16. The number of allylic oxidation sites excluding steroid dienone is 4. The average molecular weight is 570 g/mol. The Morgan fingerprint density at radius 3 is 2.84 bits per heavy atom. The van der Waals surface area contributed by atoms with Crippen molar-refractivity contribution in [2.75, 3.05) is 39.1 Å². The van der Waals surface area contributed by atoms with Gasteiger partial charge >= 0.3 is 0 Å². The van der Waals surface area contributed by atoms with Crippen molar-refractivity contribution in [3.05, 3.63) is 44.3 Å². The van der Waals surface area contributed by atoms with Gasteiger partial charge in [-0.15, -0.1) is 0 Å². The van der Waals surface area contributed by atoms with E-state index in [1.54, 1.807) is 29.8 Å². The molecule has 1 heterocycles. The van der Waals surface area contributed by atoms with Crippen molar-refractivity contribution >= 4 is 56.0 Å². The number of nitrogens with zero attached hydrogens (tertiary/aromatic N) is 5. The molecule has 0 saturated heterocycles. The minimum atomic E-state index is 0.0649. The Morgan fingerprint density at radius 2 is 2.19 bits per heavy atom. The molecule has 32 heavy (non-hydrogen) atoms. The fraction of sp³-hybridized carbons (Fsp3) is 0.455. The summed E-state index contributed by atoms with van der Waals surface area (Å²) < 4.78 is 9.73. The molecule has 0 spiro atoms. The molecule has 0 atom stereocenters. The van der Waals surface area contributed by atoms with Crippen molar-refractivity contribution in [2.24, 2.45) is 17.0 Å². The van der Waals surface area contributed by atoms with Crippen LogP contribution in [-0.2, 0) is 16.6 Å². The van der Waals surface area contributed by atoms with Gasteiger partial charge in [0.1, 0.15) is 11.4 Å². The number of aromatic nitrogens is 2. The first-order valence-corrected chi connectivity index (χ1v) is 11.9. The smallest absolute Gasteiger partial charge is 0.219 e. The molecule has 8 nitrogen and oxygen atoms in total. The highest BCUT2D eigenvalue weighted by Gasteiger charge is 2.14. The molecule has 0 aromatic carbocycles. The third-order valence-corrected chi connectivity index (χ3v) is 6.23. The summed E-state index contributed by atoms with van der Waals surface area (Å²) in [4.78, 5) is 25.8. The van der Waals surface area contributed by atoms with Crippen LogP contribution in [0.25, 0.3) is 0 Å². The SMILES string of the molecule is C=Nc1c(NCCCOC2=C(Br)CC=C(CCN(C)C(C)=O)C=C2Br)ncn(C)c1=NC. The molecule has 1 N–H and O–H groups in total. The van der Waals surface area contributed by atoms with Crippen molar-refractivity contribution in [1.82, 2.24) is 14.5 Å². The molecule has 174 valence electrons. The van der Waals surface area contributed by atoms with Crippen LogP contribution in [0.3, 0.4) is 0 Å². The van der Waals surface area contributed by atoms with E-state index in [0.717, 1.165) is 39.6 Å². The lowest BCUT2D eigenvalue weighted by molar-refractivity contribution is -0.127. The molecule has 1 amide bonds. The summed E-state index contributed by atoms with van der Waals surface area (Å²) in [6, 6.07) is 0. The van der Waals surface area contributed by atoms with Crippen LogP contribution in [-0.4, -0.2) is 60.9 Å². The van der Waals surface area contributed by atoms with Crippen LogP contribution in [0.1, 0.15) is 26.2 Å². The zero-order valence-corrected chi connectivity index (χ0v) is 22.2. The highest BCUT2D eigenvalue weighted by atomic mass is 79.9. The Bertz CT molecular complexity index is 1010. The van der Waals surface area contributed by atoms with Gasteiger partial charge in [-0.05, 0) is 47.1 Å². The number of aliphatic imine (C=N–C) groups is 1. The Morgan fingerprint density at radius 1 is 1.44 bits per heavy atom. The summed E-state index contributed by atoms with van der Waals surface area (Å²) >= 11 is 7.28. The summed E-state index contributed by atoms with van der Waals surface area (Å²) in [5.41, 5.74) is 2.51. The van der Waals surface area contributed by atoms with Crippen molar-refractivity contribution < 1.29 is 9.53 Å². The van der Waals surface area contributed by atoms with E-state index in [1.807, 2.05) is 14.1 Å². The predicted molar refractivity (Wildman–Crippen MR) is 137 cm³/mol. The summed E-state index contributed by atoms with van der Waals surface area (Å²) in [5, 5.41) is 3.29. The number of amides is 1. The van der Waals surface area contributed by atoms with Gasteiger partial charge < -0.3 is 19.5 Å². The monoisotopic (exact) mass is 568 g/mol. The highest BCUT2D eigenvalue weighted by molar-refractivity contribution is 9.12. The fourth-order valence-corrected chi connectivity index (χ4v) is 4.43. The van der Waals surface area contributed by atoms with Crippen LogP contribution < -0.4 is 10.8 Å². The maximum Gasteiger partial charge on any atom is 0.219 e. The molecule has 0 aliphatic heterocycles. The third-order valence-electron chi connectivity index (χ3n) is 4.95. The maximum atomic E-state index is 11.4. The zero-order chi connectivity index (χ0) is 23.7. The van der Waals surface area contributed by atoms with E-state index in [4.69, 9.17) is 4.74 Å². The first kappa shape index (κ1) is 26.1. The van der Waals surface area contributed by atoms with Gasteiger partial charge in [-0.2, -0.15) is 0 Å².